The highest BCUT2D eigenvalue weighted by Gasteiger charge is 2.39. The van der Waals surface area contributed by atoms with Crippen molar-refractivity contribution in [3.8, 4) is 0 Å². The van der Waals surface area contributed by atoms with Gasteiger partial charge in [0.05, 0.1) is 24.1 Å². The normalized spacial score (nSPS) is 18.5. The van der Waals surface area contributed by atoms with Crippen LogP contribution in [0.5, 0.6) is 0 Å². The number of aromatic nitrogens is 1. The van der Waals surface area contributed by atoms with Gasteiger partial charge in [-0.15, -0.1) is 11.3 Å². The molecule has 0 spiro atoms. The summed E-state index contributed by atoms with van der Waals surface area (Å²) in [5, 5.41) is 6.28. The molecule has 0 unspecified atom stereocenters. The first-order valence-corrected chi connectivity index (χ1v) is 7.00. The summed E-state index contributed by atoms with van der Waals surface area (Å²) in [6, 6.07) is 0. The lowest BCUT2D eigenvalue weighted by atomic mass is 9.78. The summed E-state index contributed by atoms with van der Waals surface area (Å²) in [5.41, 5.74) is 1.40. The molecule has 1 aliphatic heterocycles. The van der Waals surface area contributed by atoms with Crippen molar-refractivity contribution in [1.82, 2.24) is 15.6 Å². The van der Waals surface area contributed by atoms with Crippen LogP contribution in [0.1, 0.15) is 17.7 Å². The number of piperidine rings is 1. The van der Waals surface area contributed by atoms with Crippen LogP contribution in [0.25, 0.3) is 0 Å². The van der Waals surface area contributed by atoms with Crippen LogP contribution in [0.4, 0.5) is 0 Å². The third-order valence-corrected chi connectivity index (χ3v) is 4.15. The molecule has 1 aromatic rings. The molecule has 0 aromatic carbocycles. The molecule has 0 saturated carbocycles. The molecule has 0 aliphatic carbocycles. The topological polar surface area (TPSA) is 63.2 Å². The van der Waals surface area contributed by atoms with Gasteiger partial charge in [0.1, 0.15) is 0 Å². The van der Waals surface area contributed by atoms with Gasteiger partial charge in [0.15, 0.2) is 0 Å². The molecular formula is C12H19N3O2S. The number of carbonyl (C=O) groups excluding carboxylic acids is 1. The van der Waals surface area contributed by atoms with Crippen LogP contribution in [0, 0.1) is 5.41 Å². The predicted molar refractivity (Wildman–Crippen MR) is 70.4 cm³/mol. The Kier molecular flexibility index (Phi) is 4.68. The highest BCUT2D eigenvalue weighted by molar-refractivity contribution is 7.09. The van der Waals surface area contributed by atoms with Crippen molar-refractivity contribution < 1.29 is 9.53 Å². The third kappa shape index (κ3) is 3.07. The lowest BCUT2D eigenvalue weighted by Gasteiger charge is -2.35. The van der Waals surface area contributed by atoms with Crippen LogP contribution in [0.2, 0.25) is 0 Å². The number of nitrogens with zero attached hydrogens (tertiary/aromatic N) is 1. The first kappa shape index (κ1) is 13.5. The molecule has 1 aliphatic rings. The molecule has 0 atom stereocenters. The van der Waals surface area contributed by atoms with E-state index in [2.05, 4.69) is 15.6 Å². The van der Waals surface area contributed by atoms with Gasteiger partial charge in [0.2, 0.25) is 5.91 Å². The van der Waals surface area contributed by atoms with Gasteiger partial charge < -0.3 is 15.4 Å². The number of carbonyl (C=O) groups is 1. The fourth-order valence-corrected chi connectivity index (χ4v) is 2.84. The van der Waals surface area contributed by atoms with E-state index in [9.17, 15) is 4.79 Å². The standard InChI is InChI=1S/C12H19N3O2S/c1-17-8-12(2-4-13-5-3-12)11(16)15-7-10-6-14-9-18-10/h6,9,13H,2-5,7-8H2,1H3,(H,15,16). The second kappa shape index (κ2) is 6.26. The molecule has 5 nitrogen and oxygen atoms in total. The number of methoxy groups -OCH3 is 1. The van der Waals surface area contributed by atoms with Crippen LogP contribution >= 0.6 is 11.3 Å². The van der Waals surface area contributed by atoms with E-state index in [1.54, 1.807) is 30.2 Å². The Bertz CT molecular complexity index is 369. The minimum atomic E-state index is -0.370. The summed E-state index contributed by atoms with van der Waals surface area (Å²) in [7, 11) is 1.65. The number of nitrogens with one attached hydrogen (secondary N) is 2. The molecule has 1 aromatic heterocycles. The van der Waals surface area contributed by atoms with E-state index in [0.29, 0.717) is 13.2 Å². The number of hydrogen-bond acceptors (Lipinski definition) is 5. The Balaban J connectivity index is 1.95. The van der Waals surface area contributed by atoms with E-state index in [4.69, 9.17) is 4.74 Å². The van der Waals surface area contributed by atoms with Crippen molar-refractivity contribution in [3.05, 3.63) is 16.6 Å². The average Bonchev–Trinajstić information content (AvgIpc) is 2.90. The smallest absolute Gasteiger partial charge is 0.228 e. The number of hydrogen-bond donors (Lipinski definition) is 2. The summed E-state index contributed by atoms with van der Waals surface area (Å²) >= 11 is 1.55. The van der Waals surface area contributed by atoms with Gasteiger partial charge in [-0.3, -0.25) is 9.78 Å². The van der Waals surface area contributed by atoms with E-state index in [-0.39, 0.29) is 11.3 Å². The summed E-state index contributed by atoms with van der Waals surface area (Å²) in [6.45, 7) is 2.79. The van der Waals surface area contributed by atoms with E-state index in [1.807, 2.05) is 0 Å². The van der Waals surface area contributed by atoms with Gasteiger partial charge in [0.25, 0.3) is 0 Å². The van der Waals surface area contributed by atoms with Gasteiger partial charge in [-0.2, -0.15) is 0 Å². The Morgan fingerprint density at radius 2 is 2.39 bits per heavy atom. The maximum Gasteiger partial charge on any atom is 0.228 e. The summed E-state index contributed by atoms with van der Waals surface area (Å²) < 4.78 is 5.24. The minimum Gasteiger partial charge on any atom is -0.384 e. The largest absolute Gasteiger partial charge is 0.384 e. The fraction of sp³-hybridized carbons (Fsp3) is 0.667. The fourth-order valence-electron chi connectivity index (χ4n) is 2.30. The van der Waals surface area contributed by atoms with Crippen molar-refractivity contribution in [3.63, 3.8) is 0 Å². The molecule has 2 N–H and O–H groups in total. The van der Waals surface area contributed by atoms with Crippen molar-refractivity contribution in [2.75, 3.05) is 26.8 Å². The maximum atomic E-state index is 12.4. The molecule has 1 amide bonds. The molecule has 6 heteroatoms. The zero-order chi connectivity index (χ0) is 12.8. The Labute approximate surface area is 111 Å². The molecular weight excluding hydrogens is 250 g/mol. The van der Waals surface area contributed by atoms with Crippen molar-refractivity contribution in [1.29, 1.82) is 0 Å². The lowest BCUT2D eigenvalue weighted by Crippen LogP contribution is -2.49. The SMILES string of the molecule is COCC1(C(=O)NCc2cncs2)CCNCC1. The summed E-state index contributed by atoms with van der Waals surface area (Å²) in [6.07, 6.45) is 3.45. The third-order valence-electron chi connectivity index (χ3n) is 3.37. The zero-order valence-corrected chi connectivity index (χ0v) is 11.4. The second-order valence-corrected chi connectivity index (χ2v) is 5.58. The molecule has 0 radical (unpaired) electrons. The van der Waals surface area contributed by atoms with Gasteiger partial charge in [-0.05, 0) is 25.9 Å². The first-order chi connectivity index (χ1) is 8.77. The highest BCUT2D eigenvalue weighted by atomic mass is 32.1. The van der Waals surface area contributed by atoms with E-state index in [1.165, 1.54) is 0 Å². The number of ether oxygens (including phenoxy) is 1. The monoisotopic (exact) mass is 269 g/mol. The van der Waals surface area contributed by atoms with Crippen LogP contribution < -0.4 is 10.6 Å². The quantitative estimate of drug-likeness (QED) is 0.829. The molecule has 100 valence electrons. The number of amides is 1. The second-order valence-electron chi connectivity index (χ2n) is 4.61. The summed E-state index contributed by atoms with van der Waals surface area (Å²) in [4.78, 5) is 17.4. The minimum absolute atomic E-state index is 0.0965. The number of thiazole rings is 1. The van der Waals surface area contributed by atoms with Gasteiger partial charge >= 0.3 is 0 Å². The highest BCUT2D eigenvalue weighted by Crippen LogP contribution is 2.29. The molecule has 1 saturated heterocycles. The summed E-state index contributed by atoms with van der Waals surface area (Å²) in [5.74, 6) is 0.0965. The Hall–Kier alpha value is -0.980. The van der Waals surface area contributed by atoms with Crippen molar-refractivity contribution >= 4 is 17.2 Å². The molecule has 1 fully saturated rings. The van der Waals surface area contributed by atoms with E-state index in [0.717, 1.165) is 30.8 Å². The maximum absolute atomic E-state index is 12.4. The molecule has 2 heterocycles. The van der Waals surface area contributed by atoms with Gasteiger partial charge in [-0.1, -0.05) is 0 Å². The predicted octanol–water partition coefficient (Wildman–Crippen LogP) is 0.775. The lowest BCUT2D eigenvalue weighted by molar-refractivity contribution is -0.136. The van der Waals surface area contributed by atoms with Crippen LogP contribution in [0.15, 0.2) is 11.7 Å². The van der Waals surface area contributed by atoms with Gasteiger partial charge in [-0.25, -0.2) is 0 Å². The first-order valence-electron chi connectivity index (χ1n) is 6.12. The van der Waals surface area contributed by atoms with E-state index >= 15 is 0 Å². The molecule has 18 heavy (non-hydrogen) atoms. The zero-order valence-electron chi connectivity index (χ0n) is 10.6. The molecule has 0 bridgehead atoms. The van der Waals surface area contributed by atoms with Crippen LogP contribution in [-0.4, -0.2) is 37.7 Å². The molecule has 2 rings (SSSR count). The number of rotatable bonds is 5. The van der Waals surface area contributed by atoms with Crippen LogP contribution in [0.3, 0.4) is 0 Å². The van der Waals surface area contributed by atoms with Gasteiger partial charge in [0, 0.05) is 18.2 Å². The Morgan fingerprint density at radius 1 is 1.61 bits per heavy atom. The van der Waals surface area contributed by atoms with E-state index < -0.39 is 0 Å². The van der Waals surface area contributed by atoms with Crippen LogP contribution in [-0.2, 0) is 16.1 Å². The van der Waals surface area contributed by atoms with Crippen molar-refractivity contribution in [2.24, 2.45) is 5.41 Å². The Morgan fingerprint density at radius 3 is 3.00 bits per heavy atom. The average molecular weight is 269 g/mol. The van der Waals surface area contributed by atoms with Crippen molar-refractivity contribution in [2.45, 2.75) is 19.4 Å².